The van der Waals surface area contributed by atoms with E-state index in [1.807, 2.05) is 0 Å². The molecule has 1 heterocycles. The van der Waals surface area contributed by atoms with E-state index in [4.69, 9.17) is 9.63 Å². The quantitative estimate of drug-likeness (QED) is 0.633. The lowest BCUT2D eigenvalue weighted by Gasteiger charge is -2.15. The van der Waals surface area contributed by atoms with Crippen LogP contribution in [0.5, 0.6) is 0 Å². The third-order valence-corrected chi connectivity index (χ3v) is 2.74. The Morgan fingerprint density at radius 2 is 2.38 bits per heavy atom. The summed E-state index contributed by atoms with van der Waals surface area (Å²) in [4.78, 5) is 8.84. The number of aliphatic hydroxyl groups excluding tert-OH is 1. The highest BCUT2D eigenvalue weighted by Gasteiger charge is 2.29. The van der Waals surface area contributed by atoms with Gasteiger partial charge in [-0.25, -0.2) is 4.57 Å². The summed E-state index contributed by atoms with van der Waals surface area (Å²) in [6, 6.07) is 0. The molecule has 13 heavy (non-hydrogen) atoms. The number of hydrogen-bond acceptors (Lipinski definition) is 5. The van der Waals surface area contributed by atoms with E-state index in [0.29, 0.717) is 13.0 Å². The van der Waals surface area contributed by atoms with Gasteiger partial charge in [-0.05, 0) is 6.42 Å². The van der Waals surface area contributed by atoms with Crippen LogP contribution in [0.3, 0.4) is 0 Å². The smallest absolute Gasteiger partial charge is 0.390 e. The Hall–Kier alpha value is 0.0300. The van der Waals surface area contributed by atoms with Crippen molar-refractivity contribution in [3.63, 3.8) is 0 Å². The Morgan fingerprint density at radius 3 is 2.85 bits per heavy atom. The fourth-order valence-electron chi connectivity index (χ4n) is 1.02. The third-order valence-electron chi connectivity index (χ3n) is 1.81. The van der Waals surface area contributed by atoms with Crippen molar-refractivity contribution in [1.82, 2.24) is 0 Å². The second-order valence-corrected chi connectivity index (χ2v) is 4.27. The van der Waals surface area contributed by atoms with Gasteiger partial charge < -0.3 is 14.7 Å². The van der Waals surface area contributed by atoms with E-state index in [1.165, 1.54) is 0 Å². The summed E-state index contributed by atoms with van der Waals surface area (Å²) in [5, 5.41) is 9.24. The van der Waals surface area contributed by atoms with Crippen molar-refractivity contribution in [2.75, 3.05) is 20.3 Å². The van der Waals surface area contributed by atoms with Crippen LogP contribution in [0.4, 0.5) is 0 Å². The van der Waals surface area contributed by atoms with E-state index >= 15 is 0 Å². The highest BCUT2D eigenvalue weighted by atomic mass is 31.2. The summed E-state index contributed by atoms with van der Waals surface area (Å²) in [6.07, 6.45) is -0.635. The van der Waals surface area contributed by atoms with Gasteiger partial charge in [0.2, 0.25) is 0 Å². The van der Waals surface area contributed by atoms with Gasteiger partial charge in [0.25, 0.3) is 0 Å². The Labute approximate surface area is 76.0 Å². The summed E-state index contributed by atoms with van der Waals surface area (Å²) in [5.74, 6) is 0. The molecule has 1 unspecified atom stereocenters. The topological polar surface area (TPSA) is 85.2 Å². The maximum absolute atomic E-state index is 10.8. The second kappa shape index (κ2) is 4.50. The number of phosphoric ester groups is 1. The maximum atomic E-state index is 10.8. The molecule has 0 radical (unpaired) electrons. The minimum Gasteiger partial charge on any atom is -0.390 e. The molecule has 0 aromatic heterocycles. The first-order chi connectivity index (χ1) is 6.05. The fourth-order valence-corrected chi connectivity index (χ4v) is 1.46. The van der Waals surface area contributed by atoms with Crippen LogP contribution in [0.25, 0.3) is 0 Å². The van der Waals surface area contributed by atoms with Crippen molar-refractivity contribution in [2.24, 2.45) is 0 Å². The van der Waals surface area contributed by atoms with Gasteiger partial charge in [0, 0.05) is 13.7 Å². The van der Waals surface area contributed by atoms with E-state index in [-0.39, 0.29) is 6.61 Å². The van der Waals surface area contributed by atoms with Crippen molar-refractivity contribution < 1.29 is 28.3 Å². The lowest BCUT2D eigenvalue weighted by Crippen LogP contribution is -2.25. The zero-order valence-electron chi connectivity index (χ0n) is 7.25. The van der Waals surface area contributed by atoms with E-state index in [1.54, 1.807) is 0 Å². The Balaban J connectivity index is 2.30. The molecule has 1 saturated heterocycles. The van der Waals surface area contributed by atoms with Crippen molar-refractivity contribution in [3.8, 4) is 0 Å². The normalized spacial score (nSPS) is 33.2. The van der Waals surface area contributed by atoms with Gasteiger partial charge in [0.15, 0.2) is 0 Å². The van der Waals surface area contributed by atoms with E-state index in [9.17, 15) is 9.67 Å². The monoisotopic (exact) mass is 212 g/mol. The largest absolute Gasteiger partial charge is 0.472 e. The lowest BCUT2D eigenvalue weighted by molar-refractivity contribution is 0.00211. The van der Waals surface area contributed by atoms with Gasteiger partial charge >= 0.3 is 7.82 Å². The molecule has 0 aromatic rings. The number of rotatable bonds is 4. The van der Waals surface area contributed by atoms with Gasteiger partial charge in [-0.3, -0.25) is 9.05 Å². The Kier molecular flexibility index (Phi) is 3.85. The zero-order chi connectivity index (χ0) is 9.90. The number of hydrogen-bond donors (Lipinski definition) is 2. The molecule has 3 atom stereocenters. The lowest BCUT2D eigenvalue weighted by atomic mass is 10.2. The van der Waals surface area contributed by atoms with Crippen molar-refractivity contribution in [1.29, 1.82) is 0 Å². The SMILES string of the molecule is COP(=O)(O)OC[C@H]1OCC[C@@H]1O. The Morgan fingerprint density at radius 1 is 1.69 bits per heavy atom. The van der Waals surface area contributed by atoms with Gasteiger partial charge in [-0.15, -0.1) is 0 Å². The van der Waals surface area contributed by atoms with Crippen LogP contribution in [-0.4, -0.2) is 42.5 Å². The van der Waals surface area contributed by atoms with E-state index in [2.05, 4.69) is 9.05 Å². The molecule has 2 N–H and O–H groups in total. The molecule has 0 amide bonds. The molecule has 1 aliphatic heterocycles. The predicted molar refractivity (Wildman–Crippen MR) is 43.2 cm³/mol. The molecule has 0 aliphatic carbocycles. The van der Waals surface area contributed by atoms with Crippen LogP contribution in [0, 0.1) is 0 Å². The molecule has 0 spiro atoms. The molecular weight excluding hydrogens is 199 g/mol. The van der Waals surface area contributed by atoms with Crippen LogP contribution < -0.4 is 0 Å². The van der Waals surface area contributed by atoms with Gasteiger partial charge in [-0.2, -0.15) is 0 Å². The highest BCUT2D eigenvalue weighted by molar-refractivity contribution is 7.47. The number of ether oxygens (including phenoxy) is 1. The summed E-state index contributed by atoms with van der Waals surface area (Å²) in [6.45, 7) is 0.306. The van der Waals surface area contributed by atoms with Gasteiger partial charge in [0.05, 0.1) is 12.7 Å². The van der Waals surface area contributed by atoms with Crippen LogP contribution >= 0.6 is 7.82 Å². The molecule has 1 fully saturated rings. The van der Waals surface area contributed by atoms with E-state index < -0.39 is 20.0 Å². The first kappa shape index (κ1) is 11.1. The van der Waals surface area contributed by atoms with Crippen LogP contribution in [0.2, 0.25) is 0 Å². The molecule has 78 valence electrons. The van der Waals surface area contributed by atoms with Crippen LogP contribution in [-0.2, 0) is 18.3 Å². The standard InChI is InChI=1S/C6H13O6P/c1-10-13(8,9)12-4-6-5(7)2-3-11-6/h5-7H,2-4H2,1H3,(H,8,9)/t5-,6+/m0/s1. The van der Waals surface area contributed by atoms with Crippen molar-refractivity contribution in [3.05, 3.63) is 0 Å². The maximum Gasteiger partial charge on any atom is 0.472 e. The minimum absolute atomic E-state index is 0.136. The molecule has 1 aliphatic rings. The molecule has 6 nitrogen and oxygen atoms in total. The third kappa shape index (κ3) is 3.34. The summed E-state index contributed by atoms with van der Waals surface area (Å²) < 4.78 is 24.6. The first-order valence-corrected chi connectivity index (χ1v) is 5.37. The second-order valence-electron chi connectivity index (χ2n) is 2.71. The van der Waals surface area contributed by atoms with Gasteiger partial charge in [0.1, 0.15) is 6.10 Å². The van der Waals surface area contributed by atoms with Crippen molar-refractivity contribution in [2.45, 2.75) is 18.6 Å². The average molecular weight is 212 g/mol. The van der Waals surface area contributed by atoms with Crippen LogP contribution in [0.15, 0.2) is 0 Å². The first-order valence-electron chi connectivity index (χ1n) is 3.88. The summed E-state index contributed by atoms with van der Waals surface area (Å²) in [5.41, 5.74) is 0. The molecule has 0 bridgehead atoms. The zero-order valence-corrected chi connectivity index (χ0v) is 8.15. The Bertz CT molecular complexity index is 207. The number of aliphatic hydroxyl groups is 1. The number of phosphoric acid groups is 1. The molecule has 0 aromatic carbocycles. The van der Waals surface area contributed by atoms with Crippen molar-refractivity contribution >= 4 is 7.82 Å². The molecular formula is C6H13O6P. The minimum atomic E-state index is -3.94. The van der Waals surface area contributed by atoms with Gasteiger partial charge in [-0.1, -0.05) is 0 Å². The predicted octanol–water partition coefficient (Wildman–Crippen LogP) is -0.100. The highest BCUT2D eigenvalue weighted by Crippen LogP contribution is 2.42. The fraction of sp³-hybridized carbons (Fsp3) is 1.00. The van der Waals surface area contributed by atoms with E-state index in [0.717, 1.165) is 7.11 Å². The molecule has 7 heteroatoms. The average Bonchev–Trinajstić information content (AvgIpc) is 2.48. The summed E-state index contributed by atoms with van der Waals surface area (Å²) in [7, 11) is -2.87. The molecule has 1 rings (SSSR count). The molecule has 0 saturated carbocycles. The van der Waals surface area contributed by atoms with Crippen LogP contribution in [0.1, 0.15) is 6.42 Å². The summed E-state index contributed by atoms with van der Waals surface area (Å²) >= 11 is 0.